The number of hydrogen-bond acceptors (Lipinski definition) is 2. The van der Waals surface area contributed by atoms with Gasteiger partial charge in [0, 0.05) is 10.5 Å². The van der Waals surface area contributed by atoms with Crippen molar-refractivity contribution in [3.05, 3.63) is 22.3 Å². The lowest BCUT2D eigenvalue weighted by atomic mass is 9.86. The van der Waals surface area contributed by atoms with Gasteiger partial charge in [0.1, 0.15) is 5.82 Å². The largest absolute Gasteiger partial charge is 0.367 e. The molecule has 2 rings (SSSR count). The van der Waals surface area contributed by atoms with Gasteiger partial charge in [0.15, 0.2) is 0 Å². The Morgan fingerprint density at radius 3 is 2.75 bits per heavy atom. The molecule has 2 unspecified atom stereocenters. The van der Waals surface area contributed by atoms with Crippen molar-refractivity contribution in [1.29, 1.82) is 0 Å². The van der Waals surface area contributed by atoms with Crippen molar-refractivity contribution in [2.75, 3.05) is 5.32 Å². The Morgan fingerprint density at radius 1 is 1.31 bits per heavy atom. The molecule has 1 aromatic heterocycles. The third kappa shape index (κ3) is 2.76. The molecule has 0 aromatic carbocycles. The van der Waals surface area contributed by atoms with Crippen LogP contribution in [0.15, 0.2) is 16.6 Å². The van der Waals surface area contributed by atoms with Crippen LogP contribution in [0.3, 0.4) is 0 Å². The molecule has 1 aliphatic carbocycles. The highest BCUT2D eigenvalue weighted by Crippen LogP contribution is 2.26. The SMILES string of the molecule is Cc1nc(NC2CCCCC2C)ccc1Br. The number of halogens is 1. The molecule has 88 valence electrons. The summed E-state index contributed by atoms with van der Waals surface area (Å²) in [5.74, 6) is 1.78. The van der Waals surface area contributed by atoms with Gasteiger partial charge >= 0.3 is 0 Å². The quantitative estimate of drug-likeness (QED) is 0.882. The monoisotopic (exact) mass is 282 g/mol. The smallest absolute Gasteiger partial charge is 0.126 e. The lowest BCUT2D eigenvalue weighted by Crippen LogP contribution is -2.30. The molecular weight excluding hydrogens is 264 g/mol. The van der Waals surface area contributed by atoms with E-state index >= 15 is 0 Å². The van der Waals surface area contributed by atoms with Gasteiger partial charge in [-0.25, -0.2) is 4.98 Å². The van der Waals surface area contributed by atoms with E-state index < -0.39 is 0 Å². The fraction of sp³-hybridized carbons (Fsp3) is 0.615. The number of hydrogen-bond donors (Lipinski definition) is 1. The average molecular weight is 283 g/mol. The fourth-order valence-electron chi connectivity index (χ4n) is 2.35. The van der Waals surface area contributed by atoms with Crippen LogP contribution in [0.25, 0.3) is 0 Å². The van der Waals surface area contributed by atoms with Crippen LogP contribution in [0.4, 0.5) is 5.82 Å². The third-order valence-corrected chi connectivity index (χ3v) is 4.30. The molecule has 1 fully saturated rings. The van der Waals surface area contributed by atoms with Crippen molar-refractivity contribution in [2.45, 2.75) is 45.6 Å². The first-order valence-corrected chi connectivity index (χ1v) is 6.86. The molecule has 1 aromatic rings. The van der Waals surface area contributed by atoms with E-state index in [9.17, 15) is 0 Å². The Kier molecular flexibility index (Phi) is 3.85. The van der Waals surface area contributed by atoms with Gasteiger partial charge < -0.3 is 5.32 Å². The number of aromatic nitrogens is 1. The summed E-state index contributed by atoms with van der Waals surface area (Å²) in [7, 11) is 0. The Morgan fingerprint density at radius 2 is 2.06 bits per heavy atom. The molecule has 0 radical (unpaired) electrons. The molecule has 0 aliphatic heterocycles. The maximum Gasteiger partial charge on any atom is 0.126 e. The minimum atomic E-state index is 0.599. The molecule has 2 atom stereocenters. The summed E-state index contributed by atoms with van der Waals surface area (Å²) in [6, 6.07) is 4.72. The van der Waals surface area contributed by atoms with Crippen LogP contribution in [0.5, 0.6) is 0 Å². The summed E-state index contributed by atoms with van der Waals surface area (Å²) in [5, 5.41) is 3.57. The van der Waals surface area contributed by atoms with Gasteiger partial charge in [0.05, 0.1) is 5.69 Å². The summed E-state index contributed by atoms with van der Waals surface area (Å²) in [6.45, 7) is 4.36. The molecule has 0 amide bonds. The highest BCUT2D eigenvalue weighted by atomic mass is 79.9. The van der Waals surface area contributed by atoms with Gasteiger partial charge in [-0.1, -0.05) is 19.8 Å². The number of nitrogens with zero attached hydrogens (tertiary/aromatic N) is 1. The van der Waals surface area contributed by atoms with Gasteiger partial charge in [-0.05, 0) is 53.7 Å². The van der Waals surface area contributed by atoms with Gasteiger partial charge in [0.25, 0.3) is 0 Å². The minimum absolute atomic E-state index is 0.599. The average Bonchev–Trinajstić information content (AvgIpc) is 2.27. The molecular formula is C13H19BrN2. The lowest BCUT2D eigenvalue weighted by molar-refractivity contribution is 0.349. The first-order valence-electron chi connectivity index (χ1n) is 6.06. The Balaban J connectivity index is 2.05. The minimum Gasteiger partial charge on any atom is -0.367 e. The first kappa shape index (κ1) is 11.9. The van der Waals surface area contributed by atoms with Gasteiger partial charge in [-0.3, -0.25) is 0 Å². The van der Waals surface area contributed by atoms with Crippen LogP contribution in [-0.4, -0.2) is 11.0 Å². The predicted molar refractivity (Wildman–Crippen MR) is 71.7 cm³/mol. The summed E-state index contributed by atoms with van der Waals surface area (Å²) in [4.78, 5) is 4.54. The van der Waals surface area contributed by atoms with Crippen molar-refractivity contribution in [3.63, 3.8) is 0 Å². The highest BCUT2D eigenvalue weighted by Gasteiger charge is 2.21. The molecule has 0 bridgehead atoms. The number of nitrogens with one attached hydrogen (secondary N) is 1. The lowest BCUT2D eigenvalue weighted by Gasteiger charge is -2.30. The fourth-order valence-corrected chi connectivity index (χ4v) is 2.57. The standard InChI is InChI=1S/C13H19BrN2/c1-9-5-3-4-6-12(9)16-13-8-7-11(14)10(2)15-13/h7-9,12H,3-6H2,1-2H3,(H,15,16). The molecule has 1 aliphatic rings. The van der Waals surface area contributed by atoms with Crippen LogP contribution < -0.4 is 5.32 Å². The second-order valence-corrected chi connectivity index (χ2v) is 5.63. The van der Waals surface area contributed by atoms with E-state index in [4.69, 9.17) is 0 Å². The van der Waals surface area contributed by atoms with E-state index in [1.165, 1.54) is 25.7 Å². The van der Waals surface area contributed by atoms with Crippen LogP contribution in [0.2, 0.25) is 0 Å². The molecule has 3 heteroatoms. The number of rotatable bonds is 2. The number of aryl methyl sites for hydroxylation is 1. The molecule has 1 heterocycles. The van der Waals surface area contributed by atoms with E-state index in [1.54, 1.807) is 0 Å². The summed E-state index contributed by atoms with van der Waals surface area (Å²) >= 11 is 3.48. The molecule has 1 N–H and O–H groups in total. The molecule has 16 heavy (non-hydrogen) atoms. The van der Waals surface area contributed by atoms with E-state index in [1.807, 2.05) is 6.92 Å². The van der Waals surface area contributed by atoms with Crippen LogP contribution >= 0.6 is 15.9 Å². The van der Waals surface area contributed by atoms with Crippen LogP contribution in [0, 0.1) is 12.8 Å². The van der Waals surface area contributed by atoms with Crippen LogP contribution in [0.1, 0.15) is 38.3 Å². The molecule has 0 saturated heterocycles. The Hall–Kier alpha value is -0.570. The van der Waals surface area contributed by atoms with Crippen molar-refractivity contribution in [2.24, 2.45) is 5.92 Å². The zero-order chi connectivity index (χ0) is 11.5. The number of anilines is 1. The van der Waals surface area contributed by atoms with E-state index in [2.05, 4.69) is 45.3 Å². The Labute approximate surface area is 106 Å². The van der Waals surface area contributed by atoms with Gasteiger partial charge in [0.2, 0.25) is 0 Å². The van der Waals surface area contributed by atoms with Gasteiger partial charge in [-0.2, -0.15) is 0 Å². The van der Waals surface area contributed by atoms with Crippen LogP contribution in [-0.2, 0) is 0 Å². The first-order chi connectivity index (χ1) is 7.66. The Bertz CT molecular complexity index is 365. The summed E-state index contributed by atoms with van der Waals surface area (Å²) in [6.07, 6.45) is 5.34. The molecule has 2 nitrogen and oxygen atoms in total. The highest BCUT2D eigenvalue weighted by molar-refractivity contribution is 9.10. The maximum atomic E-state index is 4.54. The van der Waals surface area contributed by atoms with Crippen molar-refractivity contribution >= 4 is 21.7 Å². The zero-order valence-electron chi connectivity index (χ0n) is 9.96. The van der Waals surface area contributed by atoms with Crippen molar-refractivity contribution in [3.8, 4) is 0 Å². The zero-order valence-corrected chi connectivity index (χ0v) is 11.5. The van der Waals surface area contributed by atoms with Crippen molar-refractivity contribution in [1.82, 2.24) is 4.98 Å². The predicted octanol–water partition coefficient (Wildman–Crippen LogP) is 4.14. The maximum absolute atomic E-state index is 4.54. The van der Waals surface area contributed by atoms with Gasteiger partial charge in [-0.15, -0.1) is 0 Å². The second-order valence-electron chi connectivity index (χ2n) is 4.78. The summed E-state index contributed by atoms with van der Waals surface area (Å²) in [5.41, 5.74) is 1.05. The summed E-state index contributed by atoms with van der Waals surface area (Å²) < 4.78 is 1.08. The second kappa shape index (κ2) is 5.17. The molecule has 0 spiro atoms. The van der Waals surface area contributed by atoms with E-state index in [0.717, 1.165) is 21.9 Å². The topological polar surface area (TPSA) is 24.9 Å². The normalized spacial score (nSPS) is 25.4. The number of pyridine rings is 1. The third-order valence-electron chi connectivity index (χ3n) is 3.47. The van der Waals surface area contributed by atoms with Crippen molar-refractivity contribution < 1.29 is 0 Å². The molecule has 1 saturated carbocycles. The van der Waals surface area contributed by atoms with E-state index in [-0.39, 0.29) is 0 Å². The van der Waals surface area contributed by atoms with E-state index in [0.29, 0.717) is 6.04 Å².